The largest absolute Gasteiger partial charge is 0.444 e. The molecule has 144 valence electrons. The zero-order valence-electron chi connectivity index (χ0n) is 16.2. The van der Waals surface area contributed by atoms with Crippen molar-refractivity contribution in [1.82, 2.24) is 10.3 Å². The summed E-state index contributed by atoms with van der Waals surface area (Å²) in [6.07, 6.45) is -0.595. The summed E-state index contributed by atoms with van der Waals surface area (Å²) in [6, 6.07) is 8.35. The maximum absolute atomic E-state index is 12.4. The zero-order chi connectivity index (χ0) is 20.2. The van der Waals surface area contributed by atoms with Crippen molar-refractivity contribution in [3.63, 3.8) is 0 Å². The van der Waals surface area contributed by atoms with Crippen molar-refractivity contribution in [3.05, 3.63) is 63.1 Å². The van der Waals surface area contributed by atoms with Crippen LogP contribution >= 0.6 is 0 Å². The number of rotatable bonds is 4. The van der Waals surface area contributed by atoms with Crippen LogP contribution in [0.1, 0.15) is 48.0 Å². The summed E-state index contributed by atoms with van der Waals surface area (Å²) in [5.41, 5.74) is 2.08. The number of carbonyl (C=O) groups excluding carboxylic acids is 2. The second-order valence-electron chi connectivity index (χ2n) is 7.33. The van der Waals surface area contributed by atoms with E-state index in [1.54, 1.807) is 52.0 Å². The Balaban J connectivity index is 2.05. The van der Waals surface area contributed by atoms with Gasteiger partial charge in [-0.15, -0.1) is 0 Å². The van der Waals surface area contributed by atoms with E-state index in [1.165, 1.54) is 0 Å². The molecule has 3 N–H and O–H groups in total. The van der Waals surface area contributed by atoms with Gasteiger partial charge in [0.25, 0.3) is 11.5 Å². The van der Waals surface area contributed by atoms with Crippen molar-refractivity contribution in [2.24, 2.45) is 0 Å². The first-order valence-electron chi connectivity index (χ1n) is 8.63. The lowest BCUT2D eigenvalue weighted by Crippen LogP contribution is -2.28. The summed E-state index contributed by atoms with van der Waals surface area (Å²) in [7, 11) is 0. The Hall–Kier alpha value is -3.09. The molecule has 0 atom stereocenters. The fourth-order valence-corrected chi connectivity index (χ4v) is 2.53. The molecule has 2 aromatic rings. The van der Waals surface area contributed by atoms with E-state index in [4.69, 9.17) is 4.74 Å². The first-order valence-corrected chi connectivity index (χ1v) is 8.63. The lowest BCUT2D eigenvalue weighted by atomic mass is 10.1. The molecule has 7 nitrogen and oxygen atoms in total. The fraction of sp³-hybridized carbons (Fsp3) is 0.350. The highest BCUT2D eigenvalue weighted by Gasteiger charge is 2.16. The molecular formula is C20H25N3O4. The molecule has 0 saturated heterocycles. The molecule has 0 aliphatic carbocycles. The van der Waals surface area contributed by atoms with Crippen molar-refractivity contribution in [2.45, 2.75) is 46.8 Å². The van der Waals surface area contributed by atoms with Gasteiger partial charge in [0.1, 0.15) is 5.60 Å². The van der Waals surface area contributed by atoms with Gasteiger partial charge in [0.2, 0.25) is 0 Å². The van der Waals surface area contributed by atoms with Crippen LogP contribution in [0.4, 0.5) is 10.5 Å². The third-order valence-corrected chi connectivity index (χ3v) is 3.69. The number of aryl methyl sites for hydroxylation is 2. The highest BCUT2D eigenvalue weighted by atomic mass is 16.6. The van der Waals surface area contributed by atoms with Crippen LogP contribution < -0.4 is 16.2 Å². The lowest BCUT2D eigenvalue weighted by Gasteiger charge is -2.19. The topological polar surface area (TPSA) is 100 Å². The quantitative estimate of drug-likeness (QED) is 0.768. The van der Waals surface area contributed by atoms with Crippen LogP contribution in [0.5, 0.6) is 0 Å². The molecule has 0 unspecified atom stereocenters. The summed E-state index contributed by atoms with van der Waals surface area (Å²) in [6.45, 7) is 9.06. The van der Waals surface area contributed by atoms with Crippen LogP contribution in [0.2, 0.25) is 0 Å². The van der Waals surface area contributed by atoms with Crippen molar-refractivity contribution in [2.75, 3.05) is 5.32 Å². The summed E-state index contributed by atoms with van der Waals surface area (Å²) in [5.74, 6) is -0.345. The van der Waals surface area contributed by atoms with Crippen molar-refractivity contribution in [1.29, 1.82) is 0 Å². The Morgan fingerprint density at radius 3 is 2.48 bits per heavy atom. The molecule has 0 saturated carbocycles. The monoisotopic (exact) mass is 371 g/mol. The second kappa shape index (κ2) is 8.07. The third-order valence-electron chi connectivity index (χ3n) is 3.69. The van der Waals surface area contributed by atoms with Crippen LogP contribution in [-0.4, -0.2) is 22.6 Å². The Morgan fingerprint density at radius 2 is 1.85 bits per heavy atom. The average molecular weight is 371 g/mol. The molecule has 27 heavy (non-hydrogen) atoms. The second-order valence-corrected chi connectivity index (χ2v) is 7.33. The van der Waals surface area contributed by atoms with Gasteiger partial charge in [-0.25, -0.2) is 4.79 Å². The predicted molar refractivity (Wildman–Crippen MR) is 104 cm³/mol. The Kier molecular flexibility index (Phi) is 6.05. The van der Waals surface area contributed by atoms with Crippen LogP contribution in [0, 0.1) is 13.8 Å². The smallest absolute Gasteiger partial charge is 0.412 e. The number of amides is 2. The first kappa shape index (κ1) is 20.2. The van der Waals surface area contributed by atoms with Gasteiger partial charge in [-0.3, -0.25) is 14.9 Å². The lowest BCUT2D eigenvalue weighted by molar-refractivity contribution is 0.0635. The molecule has 0 spiro atoms. The normalized spacial score (nSPS) is 11.0. The van der Waals surface area contributed by atoms with E-state index >= 15 is 0 Å². The summed E-state index contributed by atoms with van der Waals surface area (Å²) in [5, 5.41) is 5.33. The number of aromatic nitrogens is 1. The standard InChI is InChI=1S/C20H25N3O4/c1-12-9-13(2)22-18(25)16(12)11-21-17(24)14-7-6-8-15(10-14)23-19(26)27-20(3,4)5/h6-10H,11H2,1-5H3,(H,21,24)(H,22,25)(H,23,26). The molecule has 0 bridgehead atoms. The summed E-state index contributed by atoms with van der Waals surface area (Å²) < 4.78 is 5.19. The molecule has 2 amide bonds. The van der Waals surface area contributed by atoms with Crippen LogP contribution in [-0.2, 0) is 11.3 Å². The van der Waals surface area contributed by atoms with E-state index in [0.29, 0.717) is 16.8 Å². The van der Waals surface area contributed by atoms with Gasteiger partial charge in [-0.05, 0) is 64.4 Å². The number of ether oxygens (including phenoxy) is 1. The van der Waals surface area contributed by atoms with E-state index in [1.807, 2.05) is 13.0 Å². The Bertz CT molecular complexity index is 910. The molecule has 1 aromatic heterocycles. The Labute approximate surface area is 158 Å². The number of nitrogens with one attached hydrogen (secondary N) is 3. The third kappa shape index (κ3) is 5.99. The minimum absolute atomic E-state index is 0.115. The van der Waals surface area contributed by atoms with Gasteiger partial charge < -0.3 is 15.0 Å². The molecule has 7 heteroatoms. The van der Waals surface area contributed by atoms with Crippen LogP contribution in [0.15, 0.2) is 35.1 Å². The molecule has 0 radical (unpaired) electrons. The van der Waals surface area contributed by atoms with Gasteiger partial charge in [0.15, 0.2) is 0 Å². The number of hydrogen-bond acceptors (Lipinski definition) is 4. The SMILES string of the molecule is Cc1cc(C)c(CNC(=O)c2cccc(NC(=O)OC(C)(C)C)c2)c(=O)[nH]1. The summed E-state index contributed by atoms with van der Waals surface area (Å²) in [4.78, 5) is 39.0. The molecule has 0 aliphatic rings. The van der Waals surface area contributed by atoms with Gasteiger partial charge in [0, 0.05) is 29.1 Å². The van der Waals surface area contributed by atoms with Gasteiger partial charge in [-0.1, -0.05) is 6.07 Å². The number of anilines is 1. The minimum atomic E-state index is -0.613. The van der Waals surface area contributed by atoms with E-state index in [-0.39, 0.29) is 18.0 Å². The number of aromatic amines is 1. The van der Waals surface area contributed by atoms with E-state index < -0.39 is 11.7 Å². The highest BCUT2D eigenvalue weighted by molar-refractivity contribution is 5.96. The minimum Gasteiger partial charge on any atom is -0.444 e. The summed E-state index contributed by atoms with van der Waals surface area (Å²) >= 11 is 0. The van der Waals surface area contributed by atoms with E-state index in [2.05, 4.69) is 15.6 Å². The number of benzene rings is 1. The fourth-order valence-electron chi connectivity index (χ4n) is 2.53. The van der Waals surface area contributed by atoms with Crippen LogP contribution in [0.25, 0.3) is 0 Å². The van der Waals surface area contributed by atoms with Crippen molar-refractivity contribution >= 4 is 17.7 Å². The molecule has 2 rings (SSSR count). The molecule has 0 aliphatic heterocycles. The number of H-pyrrole nitrogens is 1. The number of carbonyl (C=O) groups is 2. The Morgan fingerprint density at radius 1 is 1.15 bits per heavy atom. The van der Waals surface area contributed by atoms with E-state index in [0.717, 1.165) is 11.3 Å². The van der Waals surface area contributed by atoms with E-state index in [9.17, 15) is 14.4 Å². The van der Waals surface area contributed by atoms with Gasteiger partial charge in [0.05, 0.1) is 0 Å². The molecule has 1 aromatic carbocycles. The zero-order valence-corrected chi connectivity index (χ0v) is 16.2. The number of hydrogen-bond donors (Lipinski definition) is 3. The van der Waals surface area contributed by atoms with Crippen molar-refractivity contribution in [3.8, 4) is 0 Å². The highest BCUT2D eigenvalue weighted by Crippen LogP contribution is 2.14. The van der Waals surface area contributed by atoms with Gasteiger partial charge in [-0.2, -0.15) is 0 Å². The average Bonchev–Trinajstić information content (AvgIpc) is 2.51. The number of pyridine rings is 1. The molecule has 1 heterocycles. The predicted octanol–water partition coefficient (Wildman–Crippen LogP) is 3.27. The van der Waals surface area contributed by atoms with Crippen molar-refractivity contribution < 1.29 is 14.3 Å². The first-order chi connectivity index (χ1) is 12.5. The maximum Gasteiger partial charge on any atom is 0.412 e. The molecular weight excluding hydrogens is 346 g/mol. The maximum atomic E-state index is 12.4. The van der Waals surface area contributed by atoms with Crippen LogP contribution in [0.3, 0.4) is 0 Å². The molecule has 0 fully saturated rings. The van der Waals surface area contributed by atoms with Gasteiger partial charge >= 0.3 is 6.09 Å².